The maximum Gasteiger partial charge on any atom is 0.250 e. The highest BCUT2D eigenvalue weighted by Crippen LogP contribution is 2.25. The predicted octanol–water partition coefficient (Wildman–Crippen LogP) is 3.04. The smallest absolute Gasteiger partial charge is 0.250 e. The normalized spacial score (nSPS) is 12.0. The maximum absolute atomic E-state index is 12.2. The van der Waals surface area contributed by atoms with Crippen molar-refractivity contribution in [3.8, 4) is 0 Å². The third kappa shape index (κ3) is 3.10. The number of rotatable bonds is 6. The van der Waals surface area contributed by atoms with Crippen LogP contribution in [-0.2, 0) is 10.0 Å². The molecule has 3 rings (SSSR count). The van der Waals surface area contributed by atoms with Gasteiger partial charge in [0.15, 0.2) is 0 Å². The van der Waals surface area contributed by atoms with Crippen molar-refractivity contribution in [3.05, 3.63) is 65.8 Å². The van der Waals surface area contributed by atoms with Gasteiger partial charge in [0, 0.05) is 6.54 Å². The molecule has 3 heterocycles. The summed E-state index contributed by atoms with van der Waals surface area (Å²) in [5.41, 5.74) is 0. The average Bonchev–Trinajstić information content (AvgIpc) is 3.23. The molecule has 0 aliphatic rings. The molecule has 0 saturated carbocycles. The van der Waals surface area contributed by atoms with Crippen LogP contribution in [0.1, 0.15) is 17.4 Å². The molecule has 0 spiro atoms. The number of thiophene rings is 1. The van der Waals surface area contributed by atoms with E-state index in [2.05, 4.69) is 4.72 Å². The second-order valence-corrected chi connectivity index (χ2v) is 7.31. The Morgan fingerprint density at radius 2 is 1.71 bits per heavy atom. The number of nitrogens with one attached hydrogen (secondary N) is 1. The molecule has 0 atom stereocenters. The van der Waals surface area contributed by atoms with Crippen LogP contribution in [0.25, 0.3) is 0 Å². The first-order valence-electron chi connectivity index (χ1n) is 6.27. The Morgan fingerprint density at radius 3 is 2.19 bits per heavy atom. The third-order valence-electron chi connectivity index (χ3n) is 3.01. The largest absolute Gasteiger partial charge is 0.469 e. The summed E-state index contributed by atoms with van der Waals surface area (Å²) in [6.07, 6.45) is 3.11. The van der Waals surface area contributed by atoms with Crippen LogP contribution in [0.15, 0.2) is 67.3 Å². The zero-order valence-electron chi connectivity index (χ0n) is 10.9. The average molecular weight is 323 g/mol. The summed E-state index contributed by atoms with van der Waals surface area (Å²) < 4.78 is 38.0. The monoisotopic (exact) mass is 323 g/mol. The predicted molar refractivity (Wildman–Crippen MR) is 78.8 cm³/mol. The fourth-order valence-corrected chi connectivity index (χ4v) is 4.09. The SMILES string of the molecule is O=S(=O)(NCC(c1ccco1)c1ccco1)c1cccs1. The number of furan rings is 2. The summed E-state index contributed by atoms with van der Waals surface area (Å²) in [4.78, 5) is 0. The molecule has 0 unspecified atom stereocenters. The molecule has 1 N–H and O–H groups in total. The van der Waals surface area contributed by atoms with E-state index in [9.17, 15) is 8.42 Å². The van der Waals surface area contributed by atoms with E-state index in [1.807, 2.05) is 0 Å². The fourth-order valence-electron chi connectivity index (χ4n) is 2.00. The van der Waals surface area contributed by atoms with E-state index in [1.54, 1.807) is 54.3 Å². The standard InChI is InChI=1S/C14H13NO4S2/c16-21(17,14-6-3-9-20-14)15-10-11(12-4-1-7-18-12)13-5-2-8-19-13/h1-9,11,15H,10H2. The van der Waals surface area contributed by atoms with Crippen molar-refractivity contribution in [2.45, 2.75) is 10.1 Å². The lowest BCUT2D eigenvalue weighted by molar-refractivity contribution is 0.424. The van der Waals surface area contributed by atoms with Gasteiger partial charge in [0.05, 0.1) is 18.4 Å². The molecule has 0 radical (unpaired) electrons. The van der Waals surface area contributed by atoms with Gasteiger partial charge in [-0.3, -0.25) is 0 Å². The van der Waals surface area contributed by atoms with Gasteiger partial charge < -0.3 is 8.83 Å². The molecule has 3 aromatic heterocycles. The van der Waals surface area contributed by atoms with Crippen LogP contribution >= 0.6 is 11.3 Å². The van der Waals surface area contributed by atoms with Gasteiger partial charge in [-0.1, -0.05) is 6.07 Å². The van der Waals surface area contributed by atoms with Crippen molar-refractivity contribution in [2.75, 3.05) is 6.54 Å². The number of hydrogen-bond acceptors (Lipinski definition) is 5. The molecule has 0 saturated heterocycles. The van der Waals surface area contributed by atoms with Gasteiger partial charge >= 0.3 is 0 Å². The summed E-state index contributed by atoms with van der Waals surface area (Å²) in [6.45, 7) is 0.168. The Kier molecular flexibility index (Phi) is 3.96. The Morgan fingerprint density at radius 1 is 1.05 bits per heavy atom. The molecule has 5 nitrogen and oxygen atoms in total. The Balaban J connectivity index is 1.80. The number of sulfonamides is 1. The molecule has 0 fully saturated rings. The zero-order valence-corrected chi connectivity index (χ0v) is 12.6. The minimum absolute atomic E-state index is 0.168. The maximum atomic E-state index is 12.2. The highest BCUT2D eigenvalue weighted by atomic mass is 32.2. The molecule has 110 valence electrons. The van der Waals surface area contributed by atoms with Crippen LogP contribution in [0.2, 0.25) is 0 Å². The van der Waals surface area contributed by atoms with Gasteiger partial charge in [-0.25, -0.2) is 13.1 Å². The van der Waals surface area contributed by atoms with Crippen molar-refractivity contribution in [3.63, 3.8) is 0 Å². The van der Waals surface area contributed by atoms with Crippen LogP contribution in [0.4, 0.5) is 0 Å². The fraction of sp³-hybridized carbons (Fsp3) is 0.143. The van der Waals surface area contributed by atoms with Crippen molar-refractivity contribution >= 4 is 21.4 Å². The van der Waals surface area contributed by atoms with Crippen molar-refractivity contribution < 1.29 is 17.3 Å². The van der Waals surface area contributed by atoms with E-state index >= 15 is 0 Å². The van der Waals surface area contributed by atoms with Crippen LogP contribution in [0.5, 0.6) is 0 Å². The van der Waals surface area contributed by atoms with Gasteiger partial charge in [0.2, 0.25) is 10.0 Å². The van der Waals surface area contributed by atoms with Gasteiger partial charge in [-0.15, -0.1) is 11.3 Å². The Bertz CT molecular complexity index is 725. The third-order valence-corrected chi connectivity index (χ3v) is 5.83. The minimum Gasteiger partial charge on any atom is -0.469 e. The van der Waals surface area contributed by atoms with Crippen LogP contribution in [0.3, 0.4) is 0 Å². The molecule has 0 aromatic carbocycles. The van der Waals surface area contributed by atoms with Gasteiger partial charge in [-0.2, -0.15) is 0 Å². The Labute approximate surface area is 126 Å². The van der Waals surface area contributed by atoms with Crippen LogP contribution in [0, 0.1) is 0 Å². The summed E-state index contributed by atoms with van der Waals surface area (Å²) >= 11 is 1.18. The first-order valence-corrected chi connectivity index (χ1v) is 8.63. The second-order valence-electron chi connectivity index (χ2n) is 4.37. The Hall–Kier alpha value is -1.83. The molecule has 0 aliphatic carbocycles. The van der Waals surface area contributed by atoms with Crippen molar-refractivity contribution in [1.29, 1.82) is 0 Å². The zero-order chi connectivity index (χ0) is 14.7. The lowest BCUT2D eigenvalue weighted by Gasteiger charge is -2.13. The first kappa shape index (κ1) is 14.1. The van der Waals surface area contributed by atoms with E-state index in [-0.39, 0.29) is 12.5 Å². The summed E-state index contributed by atoms with van der Waals surface area (Å²) in [5, 5.41) is 1.73. The molecule has 3 aromatic rings. The van der Waals surface area contributed by atoms with Gasteiger partial charge in [0.1, 0.15) is 15.7 Å². The van der Waals surface area contributed by atoms with E-state index < -0.39 is 10.0 Å². The van der Waals surface area contributed by atoms with Gasteiger partial charge in [-0.05, 0) is 35.7 Å². The summed E-state index contributed by atoms with van der Waals surface area (Å²) in [7, 11) is -3.51. The lowest BCUT2D eigenvalue weighted by atomic mass is 10.0. The second kappa shape index (κ2) is 5.88. The van der Waals surface area contributed by atoms with Crippen molar-refractivity contribution in [1.82, 2.24) is 4.72 Å². The molecule has 0 amide bonds. The lowest BCUT2D eigenvalue weighted by Crippen LogP contribution is -2.28. The molecular formula is C14H13NO4S2. The van der Waals surface area contributed by atoms with E-state index in [4.69, 9.17) is 8.83 Å². The minimum atomic E-state index is -3.51. The highest BCUT2D eigenvalue weighted by molar-refractivity contribution is 7.91. The molecule has 7 heteroatoms. The van der Waals surface area contributed by atoms with E-state index in [1.165, 1.54) is 11.3 Å². The van der Waals surface area contributed by atoms with Crippen LogP contribution in [-0.4, -0.2) is 15.0 Å². The topological polar surface area (TPSA) is 72.5 Å². The highest BCUT2D eigenvalue weighted by Gasteiger charge is 2.23. The molecule has 0 aliphatic heterocycles. The van der Waals surface area contributed by atoms with Crippen LogP contribution < -0.4 is 4.72 Å². The molecular weight excluding hydrogens is 310 g/mol. The quantitative estimate of drug-likeness (QED) is 0.757. The molecule has 0 bridgehead atoms. The van der Waals surface area contributed by atoms with E-state index in [0.29, 0.717) is 15.7 Å². The number of hydrogen-bond donors (Lipinski definition) is 1. The van der Waals surface area contributed by atoms with Gasteiger partial charge in [0.25, 0.3) is 0 Å². The summed E-state index contributed by atoms with van der Waals surface area (Å²) in [5.74, 6) is 1.00. The van der Waals surface area contributed by atoms with E-state index in [0.717, 1.165) is 0 Å². The first-order chi connectivity index (χ1) is 10.2. The van der Waals surface area contributed by atoms with Crippen molar-refractivity contribution in [2.24, 2.45) is 0 Å². The molecule has 21 heavy (non-hydrogen) atoms. The summed E-state index contributed by atoms with van der Waals surface area (Å²) in [6, 6.07) is 10.4.